The Morgan fingerprint density at radius 1 is 1.00 bits per heavy atom. The van der Waals surface area contributed by atoms with Crippen LogP contribution >= 0.6 is 23.2 Å². The Morgan fingerprint density at radius 2 is 1.75 bits per heavy atom. The van der Waals surface area contributed by atoms with Crippen molar-refractivity contribution in [2.45, 2.75) is 25.8 Å². The SMILES string of the molecule is CCNC(Cc1ccccc1)Cc1cc(Cl)ccc1Cl. The van der Waals surface area contributed by atoms with E-state index in [9.17, 15) is 0 Å². The van der Waals surface area contributed by atoms with E-state index in [2.05, 4.69) is 36.5 Å². The van der Waals surface area contributed by atoms with Crippen molar-refractivity contribution >= 4 is 23.2 Å². The van der Waals surface area contributed by atoms with Crippen LogP contribution in [0.3, 0.4) is 0 Å². The van der Waals surface area contributed by atoms with Crippen LogP contribution in [0.15, 0.2) is 48.5 Å². The Hall–Kier alpha value is -1.02. The molecule has 0 aliphatic carbocycles. The molecule has 20 heavy (non-hydrogen) atoms. The summed E-state index contributed by atoms with van der Waals surface area (Å²) in [7, 11) is 0. The third kappa shape index (κ3) is 4.52. The summed E-state index contributed by atoms with van der Waals surface area (Å²) in [6, 6.07) is 16.5. The topological polar surface area (TPSA) is 12.0 Å². The highest BCUT2D eigenvalue weighted by Crippen LogP contribution is 2.22. The third-order valence-corrected chi connectivity index (χ3v) is 3.90. The number of hydrogen-bond acceptors (Lipinski definition) is 1. The lowest BCUT2D eigenvalue weighted by atomic mass is 9.99. The molecule has 2 rings (SSSR count). The largest absolute Gasteiger partial charge is 0.314 e. The summed E-state index contributed by atoms with van der Waals surface area (Å²) >= 11 is 12.3. The smallest absolute Gasteiger partial charge is 0.0439 e. The molecule has 0 saturated heterocycles. The molecule has 0 radical (unpaired) electrons. The van der Waals surface area contributed by atoms with Crippen molar-refractivity contribution in [3.63, 3.8) is 0 Å². The summed E-state index contributed by atoms with van der Waals surface area (Å²) in [5.74, 6) is 0. The van der Waals surface area contributed by atoms with Gasteiger partial charge in [-0.25, -0.2) is 0 Å². The normalized spacial score (nSPS) is 12.3. The minimum absolute atomic E-state index is 0.360. The second kappa shape index (κ2) is 7.68. The van der Waals surface area contributed by atoms with Crippen LogP contribution < -0.4 is 5.32 Å². The predicted molar refractivity (Wildman–Crippen MR) is 87.8 cm³/mol. The minimum Gasteiger partial charge on any atom is -0.314 e. The summed E-state index contributed by atoms with van der Waals surface area (Å²) in [4.78, 5) is 0. The van der Waals surface area contributed by atoms with E-state index >= 15 is 0 Å². The highest BCUT2D eigenvalue weighted by molar-refractivity contribution is 6.33. The van der Waals surface area contributed by atoms with Gasteiger partial charge >= 0.3 is 0 Å². The van der Waals surface area contributed by atoms with Gasteiger partial charge in [0, 0.05) is 16.1 Å². The van der Waals surface area contributed by atoms with E-state index in [0.717, 1.165) is 35.0 Å². The molecule has 1 N–H and O–H groups in total. The number of benzene rings is 2. The van der Waals surface area contributed by atoms with Gasteiger partial charge in [0.1, 0.15) is 0 Å². The van der Waals surface area contributed by atoms with Gasteiger partial charge < -0.3 is 5.32 Å². The van der Waals surface area contributed by atoms with E-state index in [4.69, 9.17) is 23.2 Å². The van der Waals surface area contributed by atoms with Crippen LogP contribution in [0.2, 0.25) is 10.0 Å². The number of likely N-dealkylation sites (N-methyl/N-ethyl adjacent to an activating group) is 1. The summed E-state index contributed by atoms with van der Waals surface area (Å²) in [5.41, 5.74) is 2.43. The fraction of sp³-hybridized carbons (Fsp3) is 0.294. The number of hydrogen-bond donors (Lipinski definition) is 1. The molecule has 1 unspecified atom stereocenters. The van der Waals surface area contributed by atoms with Crippen molar-refractivity contribution in [2.75, 3.05) is 6.54 Å². The first-order valence-electron chi connectivity index (χ1n) is 6.90. The van der Waals surface area contributed by atoms with E-state index in [-0.39, 0.29) is 0 Å². The van der Waals surface area contributed by atoms with Gasteiger partial charge in [-0.15, -0.1) is 0 Å². The molecule has 0 spiro atoms. The van der Waals surface area contributed by atoms with Crippen LogP contribution in [-0.4, -0.2) is 12.6 Å². The van der Waals surface area contributed by atoms with Crippen LogP contribution in [0.1, 0.15) is 18.1 Å². The standard InChI is InChI=1S/C17H19Cl2N/c1-2-20-16(10-13-6-4-3-5-7-13)12-14-11-15(18)8-9-17(14)19/h3-9,11,16,20H,2,10,12H2,1H3. The first-order valence-corrected chi connectivity index (χ1v) is 7.66. The van der Waals surface area contributed by atoms with E-state index in [1.807, 2.05) is 24.3 Å². The highest BCUT2D eigenvalue weighted by Gasteiger charge is 2.12. The van der Waals surface area contributed by atoms with Gasteiger partial charge in [0.2, 0.25) is 0 Å². The number of halogens is 2. The van der Waals surface area contributed by atoms with E-state index in [0.29, 0.717) is 6.04 Å². The lowest BCUT2D eigenvalue weighted by Gasteiger charge is -2.19. The van der Waals surface area contributed by atoms with Gasteiger partial charge in [0.15, 0.2) is 0 Å². The number of rotatable bonds is 6. The predicted octanol–water partition coefficient (Wildman–Crippen LogP) is 4.76. The first-order chi connectivity index (χ1) is 9.69. The van der Waals surface area contributed by atoms with Gasteiger partial charge in [0.05, 0.1) is 0 Å². The summed E-state index contributed by atoms with van der Waals surface area (Å²) in [6.45, 7) is 3.06. The van der Waals surface area contributed by atoms with Crippen molar-refractivity contribution in [3.8, 4) is 0 Å². The number of nitrogens with one attached hydrogen (secondary N) is 1. The molecule has 2 aromatic carbocycles. The van der Waals surface area contributed by atoms with Crippen molar-refractivity contribution in [1.82, 2.24) is 5.32 Å². The fourth-order valence-electron chi connectivity index (χ4n) is 2.37. The average Bonchev–Trinajstić information content (AvgIpc) is 2.44. The Morgan fingerprint density at radius 3 is 2.45 bits per heavy atom. The molecule has 1 atom stereocenters. The van der Waals surface area contributed by atoms with Crippen molar-refractivity contribution in [2.24, 2.45) is 0 Å². The lowest BCUT2D eigenvalue weighted by Crippen LogP contribution is -2.33. The van der Waals surface area contributed by atoms with Crippen molar-refractivity contribution < 1.29 is 0 Å². The zero-order valence-electron chi connectivity index (χ0n) is 11.6. The van der Waals surface area contributed by atoms with Gasteiger partial charge in [-0.1, -0.05) is 60.5 Å². The molecule has 0 heterocycles. The molecule has 0 aliphatic rings. The maximum atomic E-state index is 6.26. The second-order valence-corrected chi connectivity index (χ2v) is 5.73. The van der Waals surface area contributed by atoms with Crippen LogP contribution in [0.5, 0.6) is 0 Å². The maximum Gasteiger partial charge on any atom is 0.0439 e. The van der Waals surface area contributed by atoms with E-state index in [1.54, 1.807) is 0 Å². The van der Waals surface area contributed by atoms with Crippen molar-refractivity contribution in [3.05, 3.63) is 69.7 Å². The molecule has 0 amide bonds. The molecular weight excluding hydrogens is 289 g/mol. The monoisotopic (exact) mass is 307 g/mol. The molecule has 106 valence electrons. The van der Waals surface area contributed by atoms with Gasteiger partial charge in [-0.05, 0) is 48.7 Å². The molecule has 1 nitrogen and oxygen atoms in total. The Kier molecular flexibility index (Phi) is 5.90. The molecule has 3 heteroatoms. The fourth-order valence-corrected chi connectivity index (χ4v) is 2.76. The van der Waals surface area contributed by atoms with Crippen LogP contribution in [0.25, 0.3) is 0 Å². The molecular formula is C17H19Cl2N. The first kappa shape index (κ1) is 15.4. The molecule has 2 aromatic rings. The molecule has 0 aliphatic heterocycles. The van der Waals surface area contributed by atoms with Gasteiger partial charge in [0.25, 0.3) is 0 Å². The maximum absolute atomic E-state index is 6.26. The Balaban J connectivity index is 2.11. The third-order valence-electron chi connectivity index (χ3n) is 3.29. The molecule has 0 aromatic heterocycles. The van der Waals surface area contributed by atoms with Crippen LogP contribution in [-0.2, 0) is 12.8 Å². The summed E-state index contributed by atoms with van der Waals surface area (Å²) < 4.78 is 0. The average molecular weight is 308 g/mol. The second-order valence-electron chi connectivity index (χ2n) is 4.88. The highest BCUT2D eigenvalue weighted by atomic mass is 35.5. The minimum atomic E-state index is 0.360. The lowest BCUT2D eigenvalue weighted by molar-refractivity contribution is 0.521. The van der Waals surface area contributed by atoms with E-state index in [1.165, 1.54) is 5.56 Å². The molecule has 0 bridgehead atoms. The van der Waals surface area contributed by atoms with Gasteiger partial charge in [-0.2, -0.15) is 0 Å². The Bertz CT molecular complexity index is 540. The zero-order valence-corrected chi connectivity index (χ0v) is 13.1. The molecule has 0 fully saturated rings. The van der Waals surface area contributed by atoms with E-state index < -0.39 is 0 Å². The quantitative estimate of drug-likeness (QED) is 0.811. The van der Waals surface area contributed by atoms with Gasteiger partial charge in [-0.3, -0.25) is 0 Å². The molecule has 0 saturated carbocycles. The summed E-state index contributed by atoms with van der Waals surface area (Å²) in [6.07, 6.45) is 1.86. The summed E-state index contributed by atoms with van der Waals surface area (Å²) in [5, 5.41) is 5.04. The zero-order chi connectivity index (χ0) is 14.4. The van der Waals surface area contributed by atoms with Crippen molar-refractivity contribution in [1.29, 1.82) is 0 Å². The Labute approximate surface area is 130 Å². The van der Waals surface area contributed by atoms with Crippen LogP contribution in [0, 0.1) is 0 Å². The van der Waals surface area contributed by atoms with Crippen LogP contribution in [0.4, 0.5) is 0 Å².